The summed E-state index contributed by atoms with van der Waals surface area (Å²) in [7, 11) is 0. The Balaban J connectivity index is 1.53. The number of nitrogens with zero attached hydrogens (tertiary/aromatic N) is 3. The summed E-state index contributed by atoms with van der Waals surface area (Å²) in [6.07, 6.45) is -0.103. The third-order valence-electron chi connectivity index (χ3n) is 7.20. The van der Waals surface area contributed by atoms with Crippen LogP contribution in [0, 0.1) is 17.1 Å². The van der Waals surface area contributed by atoms with Crippen LogP contribution in [0.15, 0.2) is 42.6 Å². The van der Waals surface area contributed by atoms with Crippen LogP contribution in [-0.4, -0.2) is 33.0 Å². The van der Waals surface area contributed by atoms with Crippen molar-refractivity contribution in [2.24, 2.45) is 5.92 Å². The zero-order valence-corrected chi connectivity index (χ0v) is 22.0. The summed E-state index contributed by atoms with van der Waals surface area (Å²) in [4.78, 5) is 15.4. The summed E-state index contributed by atoms with van der Waals surface area (Å²) in [5.41, 5.74) is 0.587. The molecule has 2 aliphatic rings. The maximum Gasteiger partial charge on any atom is 0.435 e. The van der Waals surface area contributed by atoms with Crippen molar-refractivity contribution in [3.8, 4) is 11.1 Å². The molecule has 1 amide bonds. The molecule has 2 fully saturated rings. The number of nitrogens with one attached hydrogen (secondary N) is 2. The Hall–Kier alpha value is -3.40. The Morgan fingerprint density at radius 2 is 2.00 bits per heavy atom. The molecule has 2 heterocycles. The highest BCUT2D eigenvalue weighted by Gasteiger charge is 2.38. The Morgan fingerprint density at radius 3 is 2.62 bits per heavy atom. The number of carbonyl (C=O) groups excluding carboxylic acids is 1. The van der Waals surface area contributed by atoms with Crippen molar-refractivity contribution in [1.29, 1.82) is 5.41 Å². The lowest BCUT2D eigenvalue weighted by molar-refractivity contribution is -0.141. The Morgan fingerprint density at radius 1 is 1.23 bits per heavy atom. The van der Waals surface area contributed by atoms with Gasteiger partial charge in [0.15, 0.2) is 5.69 Å². The van der Waals surface area contributed by atoms with Crippen LogP contribution in [0.5, 0.6) is 0 Å². The van der Waals surface area contributed by atoms with Gasteiger partial charge in [-0.1, -0.05) is 17.7 Å². The number of aryl methyl sites for hydroxylation is 1. The topological polar surface area (TPSA) is 74.0 Å². The van der Waals surface area contributed by atoms with E-state index in [-0.39, 0.29) is 34.2 Å². The number of benzene rings is 2. The third-order valence-corrected chi connectivity index (χ3v) is 7.49. The first-order valence-corrected chi connectivity index (χ1v) is 13.3. The fourth-order valence-electron chi connectivity index (χ4n) is 5.03. The molecule has 1 saturated carbocycles. The molecule has 39 heavy (non-hydrogen) atoms. The number of aromatic nitrogens is 2. The summed E-state index contributed by atoms with van der Waals surface area (Å²) in [5, 5.41) is 14.9. The average Bonchev–Trinajstić information content (AvgIpc) is 3.50. The molecule has 1 aliphatic heterocycles. The molecule has 0 bridgehead atoms. The molecular weight excluding hydrogens is 534 g/mol. The number of hydrogen-bond donors (Lipinski definition) is 2. The van der Waals surface area contributed by atoms with Gasteiger partial charge in [-0.25, -0.2) is 4.39 Å². The van der Waals surface area contributed by atoms with Crippen LogP contribution < -0.4 is 5.32 Å². The van der Waals surface area contributed by atoms with Crippen molar-refractivity contribution in [3.63, 3.8) is 0 Å². The number of hydrogen-bond acceptors (Lipinski definition) is 3. The monoisotopic (exact) mass is 561 g/mol. The van der Waals surface area contributed by atoms with Gasteiger partial charge in [-0.05, 0) is 79.1 Å². The smallest absolute Gasteiger partial charge is 0.356 e. The summed E-state index contributed by atoms with van der Waals surface area (Å²) in [6.45, 7) is 2.92. The fourth-order valence-corrected chi connectivity index (χ4v) is 5.22. The number of amidine groups is 1. The SMILES string of the molecule is CCn1cc(-c2cc(CN3CCCC3=N)cc(C(=O)NC(c3ccc(F)c(Cl)c3)C3CC3)c2)c(C(F)(F)F)n1. The van der Waals surface area contributed by atoms with E-state index in [9.17, 15) is 22.4 Å². The van der Waals surface area contributed by atoms with Crippen LogP contribution >= 0.6 is 11.6 Å². The van der Waals surface area contributed by atoms with Crippen molar-refractivity contribution in [3.05, 3.63) is 75.8 Å². The molecule has 1 aromatic heterocycles. The predicted molar refractivity (Wildman–Crippen MR) is 140 cm³/mol. The molecule has 3 aromatic rings. The van der Waals surface area contributed by atoms with Crippen molar-refractivity contribution in [2.75, 3.05) is 6.54 Å². The van der Waals surface area contributed by atoms with Crippen molar-refractivity contribution >= 4 is 23.3 Å². The number of amides is 1. The van der Waals surface area contributed by atoms with Crippen LogP contribution in [0.1, 0.15) is 65.8 Å². The molecule has 1 atom stereocenters. The van der Waals surface area contributed by atoms with Crippen LogP contribution in [0.2, 0.25) is 5.02 Å². The van der Waals surface area contributed by atoms with Crippen molar-refractivity contribution in [2.45, 2.75) is 57.9 Å². The average molecular weight is 562 g/mol. The van der Waals surface area contributed by atoms with Gasteiger partial charge in [0.25, 0.3) is 5.91 Å². The van der Waals surface area contributed by atoms with Crippen LogP contribution in [0.25, 0.3) is 11.1 Å². The minimum absolute atomic E-state index is 0.0441. The normalized spacial score (nSPS) is 16.6. The van der Waals surface area contributed by atoms with E-state index in [1.807, 2.05) is 4.90 Å². The second kappa shape index (κ2) is 10.6. The Labute approximate surface area is 228 Å². The fraction of sp³-hybridized carbons (Fsp3) is 0.393. The number of likely N-dealkylation sites (tertiary alicyclic amines) is 1. The van der Waals surface area contributed by atoms with Gasteiger partial charge in [0.1, 0.15) is 5.82 Å². The van der Waals surface area contributed by atoms with E-state index in [0.29, 0.717) is 36.5 Å². The minimum Gasteiger partial charge on any atom is -0.356 e. The standard InChI is InChI=1S/C28H28ClF4N5O/c1-2-38-15-21(26(36-38)28(31,32)33)19-10-16(14-37-9-3-4-24(37)34)11-20(12-19)27(39)35-25(17-5-6-17)18-7-8-23(30)22(29)13-18/h7-8,10-13,15,17,25,34H,2-6,9,14H2,1H3,(H,35,39). The van der Waals surface area contributed by atoms with E-state index >= 15 is 0 Å². The number of alkyl halides is 3. The van der Waals surface area contributed by atoms with Crippen LogP contribution in [-0.2, 0) is 19.3 Å². The highest BCUT2D eigenvalue weighted by Crippen LogP contribution is 2.42. The molecule has 1 saturated heterocycles. The van der Waals surface area contributed by atoms with E-state index in [0.717, 1.165) is 19.3 Å². The quantitative estimate of drug-likeness (QED) is 0.296. The third kappa shape index (κ3) is 5.95. The van der Waals surface area contributed by atoms with Crippen LogP contribution in [0.4, 0.5) is 17.6 Å². The van der Waals surface area contributed by atoms with Crippen LogP contribution in [0.3, 0.4) is 0 Å². The summed E-state index contributed by atoms with van der Waals surface area (Å²) in [6, 6.07) is 8.66. The van der Waals surface area contributed by atoms with E-state index in [2.05, 4.69) is 10.4 Å². The molecule has 6 nitrogen and oxygen atoms in total. The van der Waals surface area contributed by atoms with Gasteiger partial charge in [0.2, 0.25) is 0 Å². The maximum atomic E-state index is 13.9. The van der Waals surface area contributed by atoms with Crippen molar-refractivity contribution < 1.29 is 22.4 Å². The molecule has 11 heteroatoms. The molecule has 2 N–H and O–H groups in total. The first-order chi connectivity index (χ1) is 18.5. The van der Waals surface area contributed by atoms with Gasteiger partial charge in [-0.2, -0.15) is 18.3 Å². The summed E-state index contributed by atoms with van der Waals surface area (Å²) in [5.74, 6) is -0.395. The van der Waals surface area contributed by atoms with Gasteiger partial charge in [0.05, 0.1) is 16.9 Å². The van der Waals surface area contributed by atoms with Gasteiger partial charge in [-0.15, -0.1) is 0 Å². The Kier molecular flexibility index (Phi) is 7.41. The second-order valence-electron chi connectivity index (χ2n) is 10.1. The molecule has 0 spiro atoms. The zero-order chi connectivity index (χ0) is 27.9. The van der Waals surface area contributed by atoms with E-state index < -0.39 is 29.6 Å². The minimum atomic E-state index is -4.68. The summed E-state index contributed by atoms with van der Waals surface area (Å²) >= 11 is 5.99. The van der Waals surface area contributed by atoms with Crippen molar-refractivity contribution in [1.82, 2.24) is 20.0 Å². The van der Waals surface area contributed by atoms with Gasteiger partial charge < -0.3 is 10.2 Å². The number of halogens is 5. The van der Waals surface area contributed by atoms with E-state index in [4.69, 9.17) is 17.0 Å². The first kappa shape index (κ1) is 27.2. The van der Waals surface area contributed by atoms with Gasteiger partial charge >= 0.3 is 6.18 Å². The lowest BCUT2D eigenvalue weighted by Crippen LogP contribution is -2.30. The molecule has 0 radical (unpaired) electrons. The number of rotatable bonds is 8. The predicted octanol–water partition coefficient (Wildman–Crippen LogP) is 6.84. The highest BCUT2D eigenvalue weighted by molar-refractivity contribution is 6.30. The zero-order valence-electron chi connectivity index (χ0n) is 21.3. The molecule has 1 aliphatic carbocycles. The second-order valence-corrected chi connectivity index (χ2v) is 10.5. The highest BCUT2D eigenvalue weighted by atomic mass is 35.5. The van der Waals surface area contributed by atoms with E-state index in [1.54, 1.807) is 25.1 Å². The van der Waals surface area contributed by atoms with E-state index in [1.165, 1.54) is 29.1 Å². The summed E-state index contributed by atoms with van der Waals surface area (Å²) < 4.78 is 56.7. The maximum absolute atomic E-state index is 13.9. The lowest BCUT2D eigenvalue weighted by atomic mass is 9.97. The lowest BCUT2D eigenvalue weighted by Gasteiger charge is -2.21. The Bertz CT molecular complexity index is 1420. The number of carbonyl (C=O) groups is 1. The molecule has 1 unspecified atom stereocenters. The van der Waals surface area contributed by atoms with Gasteiger partial charge in [0, 0.05) is 43.4 Å². The largest absolute Gasteiger partial charge is 0.435 e. The first-order valence-electron chi connectivity index (χ1n) is 12.9. The molecule has 206 valence electrons. The molecule has 5 rings (SSSR count). The van der Waals surface area contributed by atoms with Gasteiger partial charge in [-0.3, -0.25) is 14.9 Å². The molecule has 2 aromatic carbocycles. The molecular formula is C28H28ClF4N5O.